The molecule has 3 aromatic rings. The molecular formula is C20H18FN3O6S. The van der Waals surface area contributed by atoms with Crippen molar-refractivity contribution in [1.29, 1.82) is 0 Å². The number of fused-ring (bicyclic) bond motifs is 1. The SMILES string of the molecule is CN(c1nc2oc(-c3ccc(F)cc3)c(C(=O)OC(N)=O)c2cc1C1CC1)S(C)(=O)=O. The molecule has 1 aliphatic carbocycles. The van der Waals surface area contributed by atoms with Crippen LogP contribution in [0.3, 0.4) is 0 Å². The Labute approximate surface area is 176 Å². The summed E-state index contributed by atoms with van der Waals surface area (Å²) in [7, 11) is -2.23. The minimum Gasteiger partial charge on any atom is -0.437 e. The van der Waals surface area contributed by atoms with E-state index in [1.807, 2.05) is 0 Å². The van der Waals surface area contributed by atoms with Crippen LogP contribution in [0.25, 0.3) is 22.4 Å². The molecule has 9 nitrogen and oxygen atoms in total. The highest BCUT2D eigenvalue weighted by molar-refractivity contribution is 7.92. The third-order valence-corrected chi connectivity index (χ3v) is 6.18. The van der Waals surface area contributed by atoms with Gasteiger partial charge in [-0.25, -0.2) is 22.4 Å². The number of aromatic nitrogens is 1. The number of primary amides is 1. The minimum atomic E-state index is -3.61. The van der Waals surface area contributed by atoms with Crippen molar-refractivity contribution in [3.63, 3.8) is 0 Å². The Kier molecular flexibility index (Phi) is 4.92. The Morgan fingerprint density at radius 2 is 1.90 bits per heavy atom. The lowest BCUT2D eigenvalue weighted by Crippen LogP contribution is -2.27. The van der Waals surface area contributed by atoms with Gasteiger partial charge in [0.15, 0.2) is 5.76 Å². The fourth-order valence-electron chi connectivity index (χ4n) is 3.28. The average Bonchev–Trinajstić information content (AvgIpc) is 3.46. The molecule has 0 atom stereocenters. The average molecular weight is 447 g/mol. The zero-order valence-corrected chi connectivity index (χ0v) is 17.4. The van der Waals surface area contributed by atoms with Gasteiger partial charge in [0.1, 0.15) is 17.2 Å². The number of esters is 1. The summed E-state index contributed by atoms with van der Waals surface area (Å²) < 4.78 is 49.0. The van der Waals surface area contributed by atoms with Crippen LogP contribution in [0.15, 0.2) is 34.7 Å². The Morgan fingerprint density at radius 3 is 2.45 bits per heavy atom. The predicted octanol–water partition coefficient (Wildman–Crippen LogP) is 3.14. The number of nitrogens with zero attached hydrogens (tertiary/aromatic N) is 2. The molecule has 31 heavy (non-hydrogen) atoms. The van der Waals surface area contributed by atoms with Gasteiger partial charge in [0, 0.05) is 12.6 Å². The predicted molar refractivity (Wildman–Crippen MR) is 110 cm³/mol. The number of carbonyl (C=O) groups excluding carboxylic acids is 2. The standard InChI is InChI=1S/C20H18FN3O6S/c1-24(31(2,27)28)17-13(10-3-4-10)9-14-15(19(25)30-20(22)26)16(29-18(14)23-17)11-5-7-12(21)8-6-11/h5-10H,3-4H2,1-2H3,(H2,22,26). The maximum absolute atomic E-state index is 13.4. The van der Waals surface area contributed by atoms with Crippen LogP contribution < -0.4 is 10.0 Å². The van der Waals surface area contributed by atoms with E-state index in [0.29, 0.717) is 11.1 Å². The van der Waals surface area contributed by atoms with Gasteiger partial charge in [-0.05, 0) is 54.7 Å². The molecular weight excluding hydrogens is 429 g/mol. The van der Waals surface area contributed by atoms with Crippen molar-refractivity contribution in [3.05, 3.63) is 47.3 Å². The second-order valence-corrected chi connectivity index (χ2v) is 9.29. The number of sulfonamides is 1. The number of hydrogen-bond donors (Lipinski definition) is 1. The fourth-order valence-corrected chi connectivity index (χ4v) is 3.74. The molecule has 1 amide bonds. The maximum atomic E-state index is 13.4. The summed E-state index contributed by atoms with van der Waals surface area (Å²) in [6.45, 7) is 0. The molecule has 0 radical (unpaired) electrons. The molecule has 11 heteroatoms. The quantitative estimate of drug-likeness (QED) is 0.469. The van der Waals surface area contributed by atoms with Gasteiger partial charge in [0.2, 0.25) is 15.7 Å². The van der Waals surface area contributed by atoms with Crippen LogP contribution in [0, 0.1) is 5.82 Å². The van der Waals surface area contributed by atoms with E-state index in [2.05, 4.69) is 9.72 Å². The Balaban J connectivity index is 2.00. The van der Waals surface area contributed by atoms with Gasteiger partial charge in [-0.3, -0.25) is 4.31 Å². The third-order valence-electron chi connectivity index (χ3n) is 5.01. The van der Waals surface area contributed by atoms with Crippen LogP contribution in [-0.4, -0.2) is 38.8 Å². The van der Waals surface area contributed by atoms with Crippen LogP contribution >= 0.6 is 0 Å². The minimum absolute atomic E-state index is 0.00495. The number of hydrogen-bond acceptors (Lipinski definition) is 7. The summed E-state index contributed by atoms with van der Waals surface area (Å²) >= 11 is 0. The lowest BCUT2D eigenvalue weighted by molar-refractivity contribution is 0.0640. The number of carbonyl (C=O) groups is 2. The van der Waals surface area contributed by atoms with Crippen LogP contribution in [-0.2, 0) is 14.8 Å². The fraction of sp³-hybridized carbons (Fsp3) is 0.250. The van der Waals surface area contributed by atoms with Crippen molar-refractivity contribution < 1.29 is 31.6 Å². The molecule has 0 bridgehead atoms. The summed E-state index contributed by atoms with van der Waals surface area (Å²) in [6, 6.07) is 6.75. The second-order valence-electron chi connectivity index (χ2n) is 7.28. The smallest absolute Gasteiger partial charge is 0.412 e. The molecule has 0 saturated heterocycles. The van der Waals surface area contributed by atoms with Gasteiger partial charge in [-0.1, -0.05) is 0 Å². The molecule has 1 aromatic carbocycles. The van der Waals surface area contributed by atoms with E-state index in [4.69, 9.17) is 10.2 Å². The number of amides is 1. The number of rotatable bonds is 5. The topological polar surface area (TPSA) is 133 Å². The largest absolute Gasteiger partial charge is 0.437 e. The molecule has 2 aromatic heterocycles. The summed E-state index contributed by atoms with van der Waals surface area (Å²) in [5, 5.41) is 0.234. The number of halogens is 1. The second kappa shape index (κ2) is 7.34. The number of ether oxygens (including phenoxy) is 1. The van der Waals surface area contributed by atoms with E-state index in [0.717, 1.165) is 23.4 Å². The van der Waals surface area contributed by atoms with Gasteiger partial charge in [0.05, 0.1) is 11.6 Å². The zero-order chi connectivity index (χ0) is 22.5. The van der Waals surface area contributed by atoms with E-state index >= 15 is 0 Å². The van der Waals surface area contributed by atoms with Gasteiger partial charge in [-0.15, -0.1) is 0 Å². The molecule has 4 rings (SSSR count). The third kappa shape index (κ3) is 3.96. The molecule has 1 fully saturated rings. The first-order chi connectivity index (χ1) is 14.6. The summed E-state index contributed by atoms with van der Waals surface area (Å²) in [5.41, 5.74) is 5.82. The Hall–Kier alpha value is -3.47. The molecule has 0 aliphatic heterocycles. The van der Waals surface area contributed by atoms with E-state index in [1.54, 1.807) is 6.07 Å². The van der Waals surface area contributed by atoms with Crippen LogP contribution in [0.2, 0.25) is 0 Å². The summed E-state index contributed by atoms with van der Waals surface area (Å²) in [5.74, 6) is -1.30. The summed E-state index contributed by atoms with van der Waals surface area (Å²) in [4.78, 5) is 28.2. The van der Waals surface area contributed by atoms with Crippen molar-refractivity contribution in [2.24, 2.45) is 5.73 Å². The van der Waals surface area contributed by atoms with E-state index in [1.165, 1.54) is 31.3 Å². The highest BCUT2D eigenvalue weighted by atomic mass is 32.2. The number of nitrogens with two attached hydrogens (primary N) is 1. The lowest BCUT2D eigenvalue weighted by Gasteiger charge is -2.18. The van der Waals surface area contributed by atoms with E-state index in [9.17, 15) is 22.4 Å². The number of anilines is 1. The number of furan rings is 1. The molecule has 0 spiro atoms. The summed E-state index contributed by atoms with van der Waals surface area (Å²) in [6.07, 6.45) is 1.42. The molecule has 1 aliphatic rings. The maximum Gasteiger partial charge on any atom is 0.412 e. The van der Waals surface area contributed by atoms with Gasteiger partial charge >= 0.3 is 12.1 Å². The van der Waals surface area contributed by atoms with Gasteiger partial charge in [-0.2, -0.15) is 4.98 Å². The van der Waals surface area contributed by atoms with Crippen molar-refractivity contribution >= 4 is 39.0 Å². The monoisotopic (exact) mass is 447 g/mol. The molecule has 2 N–H and O–H groups in total. The van der Waals surface area contributed by atoms with E-state index < -0.39 is 27.9 Å². The lowest BCUT2D eigenvalue weighted by atomic mass is 10.0. The van der Waals surface area contributed by atoms with Crippen LogP contribution in [0.5, 0.6) is 0 Å². The normalized spacial score (nSPS) is 13.9. The highest BCUT2D eigenvalue weighted by Crippen LogP contribution is 2.46. The van der Waals surface area contributed by atoms with Gasteiger partial charge < -0.3 is 14.9 Å². The zero-order valence-electron chi connectivity index (χ0n) is 16.6. The Morgan fingerprint density at radius 1 is 1.26 bits per heavy atom. The van der Waals surface area contributed by atoms with E-state index in [-0.39, 0.29) is 34.2 Å². The van der Waals surface area contributed by atoms with Crippen molar-refractivity contribution in [3.8, 4) is 11.3 Å². The van der Waals surface area contributed by atoms with Crippen molar-refractivity contribution in [1.82, 2.24) is 4.98 Å². The number of benzene rings is 1. The number of pyridine rings is 1. The van der Waals surface area contributed by atoms with Crippen LogP contribution in [0.1, 0.15) is 34.7 Å². The van der Waals surface area contributed by atoms with Crippen molar-refractivity contribution in [2.45, 2.75) is 18.8 Å². The molecule has 162 valence electrons. The molecule has 2 heterocycles. The Bertz CT molecular complexity index is 1310. The molecule has 0 unspecified atom stereocenters. The first-order valence-electron chi connectivity index (χ1n) is 9.25. The molecule has 1 saturated carbocycles. The van der Waals surface area contributed by atoms with Gasteiger partial charge in [0.25, 0.3) is 0 Å². The first kappa shape index (κ1) is 20.8. The first-order valence-corrected chi connectivity index (χ1v) is 11.1. The van der Waals surface area contributed by atoms with Crippen molar-refractivity contribution in [2.75, 3.05) is 17.6 Å². The van der Waals surface area contributed by atoms with Crippen LogP contribution in [0.4, 0.5) is 15.0 Å². The highest BCUT2D eigenvalue weighted by Gasteiger charge is 2.33.